The summed E-state index contributed by atoms with van der Waals surface area (Å²) in [5.41, 5.74) is 12.4. The Morgan fingerprint density at radius 3 is 1.35 bits per heavy atom. The van der Waals surface area contributed by atoms with Gasteiger partial charge in [-0.25, -0.2) is 0 Å². The summed E-state index contributed by atoms with van der Waals surface area (Å²) in [4.78, 5) is 0. The first-order chi connectivity index (χ1) is 15.2. The summed E-state index contributed by atoms with van der Waals surface area (Å²) in [5, 5.41) is 0. The van der Waals surface area contributed by atoms with Crippen LogP contribution >= 0.6 is 31.9 Å². The Bertz CT molecular complexity index is 1190. The highest BCUT2D eigenvalue weighted by Crippen LogP contribution is 2.68. The molecule has 3 aromatic rings. The molecule has 4 atom stereocenters. The minimum atomic E-state index is 0.245. The molecule has 0 radical (unpaired) electrons. The van der Waals surface area contributed by atoms with Crippen LogP contribution in [-0.4, -0.2) is 0 Å². The zero-order chi connectivity index (χ0) is 20.4. The molecule has 9 rings (SSSR count). The van der Waals surface area contributed by atoms with Gasteiger partial charge < -0.3 is 4.74 Å². The van der Waals surface area contributed by atoms with Gasteiger partial charge in [0.05, 0.1) is 12.2 Å². The summed E-state index contributed by atoms with van der Waals surface area (Å²) in [5.74, 6) is 2.07. The summed E-state index contributed by atoms with van der Waals surface area (Å²) in [6.07, 6.45) is 2.85. The minimum absolute atomic E-state index is 0.245. The molecule has 3 heteroatoms. The summed E-state index contributed by atoms with van der Waals surface area (Å²) in [7, 11) is 0. The van der Waals surface area contributed by atoms with Gasteiger partial charge in [-0.15, -0.1) is 0 Å². The van der Waals surface area contributed by atoms with E-state index in [2.05, 4.69) is 92.5 Å². The van der Waals surface area contributed by atoms with E-state index in [0.717, 1.165) is 8.95 Å². The molecule has 0 saturated carbocycles. The SMILES string of the molecule is Brc1cc2c(cc1Br)[C@@H]1O[C@@H]2[C@@H]2CC3=C(C[C@H]21)C1c2ccccc2C3c2ccccc21. The van der Waals surface area contributed by atoms with E-state index in [9.17, 15) is 0 Å². The third kappa shape index (κ3) is 2.11. The number of hydrogen-bond acceptors (Lipinski definition) is 1. The molecular formula is C28H20Br2O. The van der Waals surface area contributed by atoms with Crippen molar-refractivity contribution in [2.24, 2.45) is 11.8 Å². The van der Waals surface area contributed by atoms with Crippen molar-refractivity contribution in [3.63, 3.8) is 0 Å². The summed E-state index contributed by atoms with van der Waals surface area (Å²) >= 11 is 7.43. The summed E-state index contributed by atoms with van der Waals surface area (Å²) in [6.45, 7) is 0. The van der Waals surface area contributed by atoms with Gasteiger partial charge in [0.15, 0.2) is 0 Å². The molecule has 0 unspecified atom stereocenters. The van der Waals surface area contributed by atoms with Crippen molar-refractivity contribution >= 4 is 31.9 Å². The van der Waals surface area contributed by atoms with Crippen molar-refractivity contribution in [3.8, 4) is 0 Å². The van der Waals surface area contributed by atoms with Crippen molar-refractivity contribution in [1.29, 1.82) is 0 Å². The van der Waals surface area contributed by atoms with Gasteiger partial charge >= 0.3 is 0 Å². The van der Waals surface area contributed by atoms with E-state index in [1.165, 1.54) is 24.0 Å². The highest BCUT2D eigenvalue weighted by Gasteiger charge is 2.57. The number of rotatable bonds is 0. The van der Waals surface area contributed by atoms with E-state index in [1.54, 1.807) is 33.4 Å². The fourth-order valence-electron chi connectivity index (χ4n) is 7.54. The van der Waals surface area contributed by atoms with Crippen molar-refractivity contribution in [2.45, 2.75) is 36.9 Å². The number of fused-ring (bicyclic) bond motifs is 8. The van der Waals surface area contributed by atoms with Crippen molar-refractivity contribution in [3.05, 3.63) is 114 Å². The molecule has 0 aromatic heterocycles. The number of benzene rings is 3. The Hall–Kier alpha value is -1.68. The van der Waals surface area contributed by atoms with E-state index in [4.69, 9.17) is 4.74 Å². The second-order valence-electron chi connectivity index (χ2n) is 9.78. The number of hydrogen-bond donors (Lipinski definition) is 0. The Kier molecular flexibility index (Phi) is 3.45. The first-order valence-electron chi connectivity index (χ1n) is 11.2. The average Bonchev–Trinajstić information content (AvgIpc) is 3.34. The molecule has 1 nitrogen and oxygen atoms in total. The van der Waals surface area contributed by atoms with Gasteiger partial charge in [0.25, 0.3) is 0 Å². The highest BCUT2D eigenvalue weighted by molar-refractivity contribution is 9.13. The Morgan fingerprint density at radius 1 is 0.581 bits per heavy atom. The molecule has 6 aliphatic rings. The van der Waals surface area contributed by atoms with Crippen LogP contribution in [-0.2, 0) is 4.74 Å². The van der Waals surface area contributed by atoms with Crippen LogP contribution in [0.5, 0.6) is 0 Å². The van der Waals surface area contributed by atoms with Gasteiger partial charge in [-0.05, 0) is 102 Å². The first-order valence-corrected chi connectivity index (χ1v) is 12.8. The Balaban J connectivity index is 1.29. The summed E-state index contributed by atoms with van der Waals surface area (Å²) < 4.78 is 8.95. The second-order valence-corrected chi connectivity index (χ2v) is 11.5. The first kappa shape index (κ1) is 17.8. The van der Waals surface area contributed by atoms with E-state index >= 15 is 0 Å². The maximum atomic E-state index is 6.68. The standard InChI is InChI=1S/C28H20Br2O/c29-23-11-21-22(12-24(23)30)28-20-10-18-17(9-19(20)27(21)31-28)25-13-5-1-2-6-14(13)26(18)16-8-4-3-7-15(16)25/h1-8,11-12,19-20,25-28H,9-10H2/t19-,20-,25?,26?,27-,28-/m1/s1. The quantitative estimate of drug-likeness (QED) is 0.267. The lowest BCUT2D eigenvalue weighted by atomic mass is 9.54. The largest absolute Gasteiger partial charge is 0.365 e. The van der Waals surface area contributed by atoms with Crippen molar-refractivity contribution in [1.82, 2.24) is 0 Å². The van der Waals surface area contributed by atoms with Crippen LogP contribution in [0, 0.1) is 11.8 Å². The van der Waals surface area contributed by atoms with E-state index in [0.29, 0.717) is 23.7 Å². The fraction of sp³-hybridized carbons (Fsp3) is 0.286. The third-order valence-corrected chi connectivity index (χ3v) is 10.5. The highest BCUT2D eigenvalue weighted by atomic mass is 79.9. The smallest absolute Gasteiger partial charge is 0.0872 e. The van der Waals surface area contributed by atoms with Crippen molar-refractivity contribution in [2.75, 3.05) is 0 Å². The second kappa shape index (κ2) is 6.01. The molecule has 2 aliphatic heterocycles. The minimum Gasteiger partial charge on any atom is -0.365 e. The van der Waals surface area contributed by atoms with Crippen LogP contribution < -0.4 is 0 Å². The Labute approximate surface area is 198 Å². The van der Waals surface area contributed by atoms with Gasteiger partial charge in [-0.2, -0.15) is 0 Å². The topological polar surface area (TPSA) is 9.23 Å². The molecule has 4 aliphatic carbocycles. The monoisotopic (exact) mass is 530 g/mol. The molecular weight excluding hydrogens is 512 g/mol. The lowest BCUT2D eigenvalue weighted by Gasteiger charge is -2.49. The maximum absolute atomic E-state index is 6.68. The average molecular weight is 532 g/mol. The third-order valence-electron chi connectivity index (χ3n) is 8.62. The Morgan fingerprint density at radius 2 is 0.968 bits per heavy atom. The molecule has 0 amide bonds. The van der Waals surface area contributed by atoms with E-state index < -0.39 is 0 Å². The number of allylic oxidation sites excluding steroid dienone is 2. The van der Waals surface area contributed by atoms with Gasteiger partial charge in [-0.1, -0.05) is 59.7 Å². The van der Waals surface area contributed by atoms with Gasteiger partial charge in [-0.3, -0.25) is 0 Å². The van der Waals surface area contributed by atoms with E-state index in [1.807, 2.05) is 0 Å². The van der Waals surface area contributed by atoms with Crippen LogP contribution in [0.2, 0.25) is 0 Å². The molecule has 152 valence electrons. The molecule has 0 spiro atoms. The van der Waals surface area contributed by atoms with Crippen LogP contribution in [0.1, 0.15) is 70.3 Å². The number of ether oxygens (including phenoxy) is 1. The van der Waals surface area contributed by atoms with Crippen LogP contribution in [0.3, 0.4) is 0 Å². The van der Waals surface area contributed by atoms with Crippen LogP contribution in [0.25, 0.3) is 0 Å². The zero-order valence-corrected chi connectivity index (χ0v) is 20.0. The van der Waals surface area contributed by atoms with Crippen LogP contribution in [0.15, 0.2) is 80.8 Å². The molecule has 4 bridgehead atoms. The maximum Gasteiger partial charge on any atom is 0.0872 e. The lowest BCUT2D eigenvalue weighted by molar-refractivity contribution is 0.0545. The van der Waals surface area contributed by atoms with Gasteiger partial charge in [0, 0.05) is 20.8 Å². The lowest BCUT2D eigenvalue weighted by Crippen LogP contribution is -2.36. The van der Waals surface area contributed by atoms with Gasteiger partial charge in [0.2, 0.25) is 0 Å². The molecule has 1 saturated heterocycles. The fourth-order valence-corrected chi connectivity index (χ4v) is 8.26. The van der Waals surface area contributed by atoms with Crippen molar-refractivity contribution < 1.29 is 4.74 Å². The zero-order valence-electron chi connectivity index (χ0n) is 16.8. The molecule has 31 heavy (non-hydrogen) atoms. The number of halogens is 2. The van der Waals surface area contributed by atoms with E-state index in [-0.39, 0.29) is 12.2 Å². The predicted octanol–water partition coefficient (Wildman–Crippen LogP) is 7.95. The molecule has 2 heterocycles. The molecule has 3 aromatic carbocycles. The normalized spacial score (nSPS) is 33.0. The predicted molar refractivity (Wildman–Crippen MR) is 128 cm³/mol. The molecule has 1 fully saturated rings. The van der Waals surface area contributed by atoms with Gasteiger partial charge in [0.1, 0.15) is 0 Å². The molecule has 0 N–H and O–H groups in total. The van der Waals surface area contributed by atoms with Crippen LogP contribution in [0.4, 0.5) is 0 Å². The summed E-state index contributed by atoms with van der Waals surface area (Å²) in [6, 6.07) is 23.0.